The number of hydrogen-bond acceptors (Lipinski definition) is 7. The SMILES string of the molecule is C#CC=C(N=CC)c1ccnc(Nc2cc(C)c3[nH]c(C(=O)C=CCCCC(CCC)CC(=O)C4CCCO4)cc3c2)n1. The Morgan fingerprint density at radius 2 is 2.16 bits per heavy atom. The number of aliphatic imine (C=N–C) groups is 1. The van der Waals surface area contributed by atoms with Crippen LogP contribution in [0.15, 0.2) is 53.7 Å². The van der Waals surface area contributed by atoms with Crippen molar-refractivity contribution < 1.29 is 14.3 Å². The third-order valence-electron chi connectivity index (χ3n) is 7.58. The van der Waals surface area contributed by atoms with E-state index in [2.05, 4.69) is 38.1 Å². The second kappa shape index (κ2) is 15.8. The maximum Gasteiger partial charge on any atom is 0.227 e. The molecule has 2 atom stereocenters. The van der Waals surface area contributed by atoms with Crippen molar-refractivity contribution in [2.75, 3.05) is 11.9 Å². The lowest BCUT2D eigenvalue weighted by atomic mass is 9.90. The number of aromatic nitrogens is 3. The number of hydrogen-bond donors (Lipinski definition) is 2. The normalized spacial score (nSPS) is 16.2. The van der Waals surface area contributed by atoms with Crippen LogP contribution in [-0.4, -0.2) is 45.4 Å². The number of aryl methyl sites for hydroxylation is 1. The van der Waals surface area contributed by atoms with Gasteiger partial charge in [0.25, 0.3) is 0 Å². The largest absolute Gasteiger partial charge is 0.370 e. The van der Waals surface area contributed by atoms with E-state index in [1.54, 1.807) is 30.6 Å². The number of benzene rings is 1. The van der Waals surface area contributed by atoms with Crippen LogP contribution in [0.2, 0.25) is 0 Å². The highest BCUT2D eigenvalue weighted by atomic mass is 16.5. The third kappa shape index (κ3) is 8.82. The molecule has 3 heterocycles. The molecule has 2 N–H and O–H groups in total. The summed E-state index contributed by atoms with van der Waals surface area (Å²) in [7, 11) is 0. The van der Waals surface area contributed by atoms with E-state index >= 15 is 0 Å². The van der Waals surface area contributed by atoms with Crippen molar-refractivity contribution in [3.05, 3.63) is 65.6 Å². The Hall–Kier alpha value is -4.35. The molecule has 1 aliphatic heterocycles. The molecular formula is C35H41N5O3. The molecule has 0 saturated carbocycles. The standard InChI is InChI=1S/C35H41N5O3/c1-5-12-25(21-32(42)33-16-11-19-43-33)14-9-8-10-15-31(41)30-23-26-22-27(20-24(4)34(26)39-30)38-35-37-18-17-29(40-35)28(13-6-2)36-7-3/h2,7,10,13,15,17-18,20,22-23,25,33,39H,5,8-9,11-12,14,16,19,21H2,1,3-4H3,(H,37,38,40). The van der Waals surface area contributed by atoms with Gasteiger partial charge in [0.1, 0.15) is 6.10 Å². The minimum absolute atomic E-state index is 0.0656. The Balaban J connectivity index is 1.36. The van der Waals surface area contributed by atoms with Gasteiger partial charge in [0.05, 0.1) is 17.1 Å². The van der Waals surface area contributed by atoms with E-state index in [-0.39, 0.29) is 17.7 Å². The number of ether oxygens (including phenoxy) is 1. The fraction of sp³-hybridized carbons (Fsp3) is 0.400. The Labute approximate surface area is 254 Å². The van der Waals surface area contributed by atoms with E-state index in [1.807, 2.05) is 38.1 Å². The maximum absolute atomic E-state index is 13.0. The van der Waals surface area contributed by atoms with E-state index in [9.17, 15) is 9.59 Å². The van der Waals surface area contributed by atoms with Crippen molar-refractivity contribution in [1.82, 2.24) is 15.0 Å². The first-order chi connectivity index (χ1) is 20.9. The molecule has 0 radical (unpaired) electrons. The van der Waals surface area contributed by atoms with Crippen LogP contribution < -0.4 is 5.32 Å². The number of fused-ring (bicyclic) bond motifs is 1. The second-order valence-corrected chi connectivity index (χ2v) is 10.9. The van der Waals surface area contributed by atoms with Crippen LogP contribution in [0.3, 0.4) is 0 Å². The molecular weight excluding hydrogens is 538 g/mol. The number of terminal acetylenes is 1. The number of rotatable bonds is 15. The van der Waals surface area contributed by atoms with Crippen LogP contribution in [0.4, 0.5) is 11.6 Å². The van der Waals surface area contributed by atoms with Gasteiger partial charge in [-0.05, 0) is 87.8 Å². The predicted molar refractivity (Wildman–Crippen MR) is 174 cm³/mol. The number of anilines is 2. The average molecular weight is 580 g/mol. The highest BCUT2D eigenvalue weighted by Crippen LogP contribution is 2.27. The molecule has 8 nitrogen and oxygen atoms in total. The second-order valence-electron chi connectivity index (χ2n) is 10.9. The molecule has 3 aromatic rings. The lowest BCUT2D eigenvalue weighted by Gasteiger charge is -2.17. The Kier molecular flexibility index (Phi) is 11.6. The van der Waals surface area contributed by atoms with Crippen molar-refractivity contribution in [3.63, 3.8) is 0 Å². The molecule has 0 aliphatic carbocycles. The van der Waals surface area contributed by atoms with Crippen molar-refractivity contribution in [2.24, 2.45) is 10.9 Å². The number of unbranched alkanes of at least 4 members (excludes halogenated alkanes) is 1. The first-order valence-corrected chi connectivity index (χ1v) is 15.2. The van der Waals surface area contributed by atoms with Gasteiger partial charge < -0.3 is 15.0 Å². The summed E-state index contributed by atoms with van der Waals surface area (Å²) in [6.45, 7) is 6.67. The molecule has 2 aromatic heterocycles. The summed E-state index contributed by atoms with van der Waals surface area (Å²) in [5.41, 5.74) is 4.43. The van der Waals surface area contributed by atoms with Gasteiger partial charge >= 0.3 is 0 Å². The lowest BCUT2D eigenvalue weighted by molar-refractivity contribution is -0.128. The number of nitrogens with one attached hydrogen (secondary N) is 2. The van der Waals surface area contributed by atoms with Gasteiger partial charge in [-0.1, -0.05) is 31.8 Å². The van der Waals surface area contributed by atoms with Crippen molar-refractivity contribution in [1.29, 1.82) is 0 Å². The molecule has 1 fully saturated rings. The molecule has 0 amide bonds. The number of carbonyl (C=O) groups excluding carboxylic acids is 2. The minimum atomic E-state index is -0.196. The van der Waals surface area contributed by atoms with Crippen molar-refractivity contribution in [2.45, 2.75) is 78.2 Å². The summed E-state index contributed by atoms with van der Waals surface area (Å²) in [6, 6.07) is 7.57. The van der Waals surface area contributed by atoms with Crippen molar-refractivity contribution >= 4 is 46.0 Å². The van der Waals surface area contributed by atoms with Gasteiger partial charge in [0.15, 0.2) is 5.78 Å². The van der Waals surface area contributed by atoms with E-state index in [0.717, 1.165) is 67.1 Å². The highest BCUT2D eigenvalue weighted by Gasteiger charge is 2.25. The van der Waals surface area contributed by atoms with Gasteiger partial charge in [-0.15, -0.1) is 6.42 Å². The fourth-order valence-electron chi connectivity index (χ4n) is 5.53. The van der Waals surface area contributed by atoms with Crippen LogP contribution in [-0.2, 0) is 9.53 Å². The first-order valence-electron chi connectivity index (χ1n) is 15.2. The van der Waals surface area contributed by atoms with Crippen LogP contribution in [0.5, 0.6) is 0 Å². The summed E-state index contributed by atoms with van der Waals surface area (Å²) < 4.78 is 5.57. The van der Waals surface area contributed by atoms with Gasteiger partial charge in [0.2, 0.25) is 11.7 Å². The summed E-state index contributed by atoms with van der Waals surface area (Å²) in [6.07, 6.45) is 21.0. The Morgan fingerprint density at radius 1 is 1.30 bits per heavy atom. The number of nitrogens with zero attached hydrogens (tertiary/aromatic N) is 3. The number of aromatic amines is 1. The molecule has 224 valence electrons. The van der Waals surface area contributed by atoms with E-state index in [1.165, 1.54) is 0 Å². The smallest absolute Gasteiger partial charge is 0.227 e. The molecule has 1 aromatic carbocycles. The Morgan fingerprint density at radius 3 is 2.91 bits per heavy atom. The summed E-state index contributed by atoms with van der Waals surface area (Å²) in [5.74, 6) is 3.48. The third-order valence-corrected chi connectivity index (χ3v) is 7.58. The van der Waals surface area contributed by atoms with Gasteiger partial charge in [-0.3, -0.25) is 14.6 Å². The number of allylic oxidation sites excluding steroid dienone is 3. The van der Waals surface area contributed by atoms with Gasteiger partial charge in [0, 0.05) is 48.1 Å². The molecule has 4 rings (SSSR count). The molecule has 1 saturated heterocycles. The topological polar surface area (TPSA) is 109 Å². The van der Waals surface area contributed by atoms with E-state index in [4.69, 9.17) is 11.2 Å². The monoisotopic (exact) mass is 579 g/mol. The fourth-order valence-corrected chi connectivity index (χ4v) is 5.53. The predicted octanol–water partition coefficient (Wildman–Crippen LogP) is 7.54. The summed E-state index contributed by atoms with van der Waals surface area (Å²) >= 11 is 0. The number of ketones is 2. The van der Waals surface area contributed by atoms with E-state index < -0.39 is 0 Å². The zero-order chi connectivity index (χ0) is 30.6. The highest BCUT2D eigenvalue weighted by molar-refractivity contribution is 6.06. The number of H-pyrrole nitrogens is 1. The average Bonchev–Trinajstić information content (AvgIpc) is 3.68. The number of carbonyl (C=O) groups is 2. The summed E-state index contributed by atoms with van der Waals surface area (Å²) in [5, 5.41) is 4.17. The molecule has 0 bridgehead atoms. The van der Waals surface area contributed by atoms with Crippen LogP contribution >= 0.6 is 0 Å². The molecule has 1 aliphatic rings. The van der Waals surface area contributed by atoms with Crippen molar-refractivity contribution in [3.8, 4) is 12.3 Å². The Bertz CT molecular complexity index is 1550. The molecule has 0 spiro atoms. The quantitative estimate of drug-likeness (QED) is 0.0633. The minimum Gasteiger partial charge on any atom is -0.370 e. The summed E-state index contributed by atoms with van der Waals surface area (Å²) in [4.78, 5) is 42.0. The van der Waals surface area contributed by atoms with Crippen LogP contribution in [0, 0.1) is 25.2 Å². The van der Waals surface area contributed by atoms with Gasteiger partial charge in [-0.2, -0.15) is 0 Å². The zero-order valence-electron chi connectivity index (χ0n) is 25.4. The lowest BCUT2D eigenvalue weighted by Crippen LogP contribution is -2.22. The molecule has 8 heteroatoms. The maximum atomic E-state index is 13.0. The van der Waals surface area contributed by atoms with Gasteiger partial charge in [-0.25, -0.2) is 9.97 Å². The van der Waals surface area contributed by atoms with Crippen LogP contribution in [0.1, 0.15) is 87.0 Å². The van der Waals surface area contributed by atoms with E-state index in [0.29, 0.717) is 42.0 Å². The first kappa shape index (κ1) is 31.6. The number of Topliss-reactive ketones (excluding diaryl/α,β-unsaturated/α-hetero) is 1. The van der Waals surface area contributed by atoms with Crippen LogP contribution in [0.25, 0.3) is 16.6 Å². The zero-order valence-corrected chi connectivity index (χ0v) is 25.4. The molecule has 43 heavy (non-hydrogen) atoms. The molecule has 2 unspecified atom stereocenters.